The summed E-state index contributed by atoms with van der Waals surface area (Å²) in [6.07, 6.45) is 1.55. The van der Waals surface area contributed by atoms with Crippen LogP contribution in [0.15, 0.2) is 98.6 Å². The molecule has 3 aromatic carbocycles. The molecule has 0 radical (unpaired) electrons. The van der Waals surface area contributed by atoms with Crippen LogP contribution in [0.3, 0.4) is 0 Å². The normalized spacial score (nSPS) is 15.3. The number of nitrogens with zero attached hydrogens (tertiary/aromatic N) is 3. The number of carbonyl (C=O) groups excluding carboxylic acids is 1. The number of aromatic nitrogens is 1. The number of fused-ring (bicyclic) bond motifs is 2. The second kappa shape index (κ2) is 12.1. The second-order valence-corrected chi connectivity index (χ2v) is 11.4. The first-order valence-electron chi connectivity index (χ1n) is 14.5. The summed E-state index contributed by atoms with van der Waals surface area (Å²) in [4.78, 5) is 44.3. The zero-order valence-corrected chi connectivity index (χ0v) is 25.8. The minimum absolute atomic E-state index is 0.0577. The van der Waals surface area contributed by atoms with Crippen LogP contribution in [-0.2, 0) is 9.53 Å². The van der Waals surface area contributed by atoms with Crippen LogP contribution in [-0.4, -0.2) is 36.0 Å². The maximum Gasteiger partial charge on any atom is 0.338 e. The van der Waals surface area contributed by atoms with Crippen molar-refractivity contribution >= 4 is 34.8 Å². The summed E-state index contributed by atoms with van der Waals surface area (Å²) in [5, 5.41) is 11.8. The van der Waals surface area contributed by atoms with Gasteiger partial charge in [-0.15, -0.1) is 0 Å². The Hall–Kier alpha value is -5.95. The molecule has 0 unspecified atom stereocenters. The first-order valence-corrected chi connectivity index (χ1v) is 15.3. The van der Waals surface area contributed by atoms with E-state index in [1.807, 2.05) is 30.3 Å². The van der Waals surface area contributed by atoms with Crippen molar-refractivity contribution in [3.05, 3.63) is 131 Å². The van der Waals surface area contributed by atoms with Crippen LogP contribution in [0.2, 0.25) is 0 Å². The van der Waals surface area contributed by atoms with Crippen molar-refractivity contribution in [1.82, 2.24) is 4.57 Å². The molecule has 0 spiro atoms. The van der Waals surface area contributed by atoms with Gasteiger partial charge in [0.25, 0.3) is 11.2 Å². The third-order valence-corrected chi connectivity index (χ3v) is 8.64. The van der Waals surface area contributed by atoms with Gasteiger partial charge in [0, 0.05) is 11.6 Å². The van der Waals surface area contributed by atoms with Crippen molar-refractivity contribution in [3.63, 3.8) is 0 Å². The van der Waals surface area contributed by atoms with E-state index in [-0.39, 0.29) is 40.5 Å². The van der Waals surface area contributed by atoms with Crippen LogP contribution in [0, 0.1) is 10.1 Å². The van der Waals surface area contributed by atoms with Gasteiger partial charge in [-0.25, -0.2) is 9.79 Å². The molecule has 0 saturated carbocycles. The van der Waals surface area contributed by atoms with Crippen molar-refractivity contribution < 1.29 is 33.1 Å². The minimum atomic E-state index is -0.911. The van der Waals surface area contributed by atoms with E-state index in [0.29, 0.717) is 44.6 Å². The third-order valence-electron chi connectivity index (χ3n) is 7.65. The molecule has 2 aliphatic heterocycles. The highest BCUT2D eigenvalue weighted by molar-refractivity contribution is 7.07. The zero-order chi connectivity index (χ0) is 32.7. The highest BCUT2D eigenvalue weighted by Crippen LogP contribution is 2.40. The van der Waals surface area contributed by atoms with Crippen LogP contribution in [0.25, 0.3) is 23.1 Å². The van der Waals surface area contributed by atoms with Crippen LogP contribution in [0.5, 0.6) is 17.2 Å². The average molecular weight is 652 g/mol. The molecular weight excluding hydrogens is 626 g/mol. The summed E-state index contributed by atoms with van der Waals surface area (Å²) in [5.41, 5.74) is 1.50. The van der Waals surface area contributed by atoms with E-state index in [9.17, 15) is 19.7 Å². The van der Waals surface area contributed by atoms with Gasteiger partial charge in [-0.05, 0) is 48.9 Å². The lowest BCUT2D eigenvalue weighted by Gasteiger charge is -2.26. The van der Waals surface area contributed by atoms with Crippen LogP contribution in [0.1, 0.15) is 29.9 Å². The van der Waals surface area contributed by atoms with Gasteiger partial charge in [-0.3, -0.25) is 19.5 Å². The van der Waals surface area contributed by atoms with E-state index >= 15 is 0 Å². The highest BCUT2D eigenvalue weighted by atomic mass is 32.1. The van der Waals surface area contributed by atoms with Gasteiger partial charge < -0.3 is 23.4 Å². The molecule has 47 heavy (non-hydrogen) atoms. The van der Waals surface area contributed by atoms with E-state index < -0.39 is 22.5 Å². The zero-order valence-electron chi connectivity index (χ0n) is 25.0. The molecule has 4 heterocycles. The summed E-state index contributed by atoms with van der Waals surface area (Å²) in [6.45, 7) is 1.89. The van der Waals surface area contributed by atoms with E-state index in [0.717, 1.165) is 11.3 Å². The number of nitro benzene ring substituents is 1. The Bertz CT molecular complexity index is 2270. The van der Waals surface area contributed by atoms with Crippen molar-refractivity contribution in [2.45, 2.75) is 13.0 Å². The summed E-state index contributed by atoms with van der Waals surface area (Å²) in [7, 11) is 1.43. The van der Waals surface area contributed by atoms with Crippen molar-refractivity contribution in [1.29, 1.82) is 0 Å². The number of thiazole rings is 1. The Kier molecular flexibility index (Phi) is 7.66. The van der Waals surface area contributed by atoms with Crippen molar-refractivity contribution in [2.24, 2.45) is 4.99 Å². The fraction of sp³-hybridized carbons (Fsp3) is 0.147. The number of methoxy groups -OCH3 is 1. The van der Waals surface area contributed by atoms with E-state index in [1.165, 1.54) is 17.7 Å². The maximum absolute atomic E-state index is 14.2. The topological polar surface area (TPSA) is 145 Å². The van der Waals surface area contributed by atoms with Gasteiger partial charge in [0.05, 0.1) is 52.1 Å². The van der Waals surface area contributed by atoms with Gasteiger partial charge in [-0.2, -0.15) is 0 Å². The molecule has 12 nitrogen and oxygen atoms in total. The number of esters is 1. The number of nitro groups is 1. The molecule has 7 rings (SSSR count). The monoisotopic (exact) mass is 651 g/mol. The molecular formula is C34H25N3O9S. The number of hydrogen-bond donors (Lipinski definition) is 0. The van der Waals surface area contributed by atoms with E-state index in [1.54, 1.807) is 55.5 Å². The van der Waals surface area contributed by atoms with E-state index in [4.69, 9.17) is 28.4 Å². The number of carbonyl (C=O) groups is 1. The first-order chi connectivity index (χ1) is 22.9. The van der Waals surface area contributed by atoms with Gasteiger partial charge in [0.2, 0.25) is 6.79 Å². The number of benzene rings is 3. The largest absolute Gasteiger partial charge is 0.497 e. The average Bonchev–Trinajstić information content (AvgIpc) is 3.83. The lowest BCUT2D eigenvalue weighted by molar-refractivity contribution is -0.384. The molecule has 0 bridgehead atoms. The molecule has 2 aliphatic rings. The number of ether oxygens (including phenoxy) is 4. The Morgan fingerprint density at radius 2 is 1.89 bits per heavy atom. The summed E-state index contributed by atoms with van der Waals surface area (Å²) in [5.74, 6) is 1.31. The third kappa shape index (κ3) is 5.36. The first kappa shape index (κ1) is 29.7. The maximum atomic E-state index is 14.2. The predicted octanol–water partition coefficient (Wildman–Crippen LogP) is 4.84. The van der Waals surface area contributed by atoms with Crippen LogP contribution < -0.4 is 29.1 Å². The lowest BCUT2D eigenvalue weighted by atomic mass is 9.93. The number of hydrogen-bond acceptors (Lipinski definition) is 11. The Balaban J connectivity index is 1.41. The molecule has 1 atom stereocenters. The molecule has 0 N–H and O–H groups in total. The fourth-order valence-corrected chi connectivity index (χ4v) is 6.52. The Morgan fingerprint density at radius 1 is 1.09 bits per heavy atom. The molecule has 236 valence electrons. The molecule has 0 aliphatic carbocycles. The van der Waals surface area contributed by atoms with Gasteiger partial charge in [-0.1, -0.05) is 47.7 Å². The number of furan rings is 1. The Labute approximate surface area is 270 Å². The summed E-state index contributed by atoms with van der Waals surface area (Å²) >= 11 is 1.13. The molecule has 2 aromatic heterocycles. The van der Waals surface area contributed by atoms with Gasteiger partial charge >= 0.3 is 5.97 Å². The molecule has 5 aromatic rings. The summed E-state index contributed by atoms with van der Waals surface area (Å²) < 4.78 is 29.5. The molecule has 13 heteroatoms. The standard InChI is InChI=1S/C34H25N3O9S/c1-3-43-33(39)29-30(19-7-5-4-6-8-19)35-34-36(31(29)20-9-13-26-27(15-20)45-18-44-26)32(38)28(47-34)17-22-11-14-25(46-22)23-12-10-21(42-2)16-24(23)37(40)41/h4-17,31H,3,18H2,1-2H3/b28-17-/t31-/m0/s1. The van der Waals surface area contributed by atoms with Gasteiger partial charge in [0.15, 0.2) is 16.3 Å². The van der Waals surface area contributed by atoms with Crippen LogP contribution >= 0.6 is 11.3 Å². The predicted molar refractivity (Wildman–Crippen MR) is 171 cm³/mol. The smallest absolute Gasteiger partial charge is 0.338 e. The Morgan fingerprint density at radius 3 is 2.66 bits per heavy atom. The van der Waals surface area contributed by atoms with Gasteiger partial charge in [0.1, 0.15) is 17.3 Å². The molecule has 0 fully saturated rings. The quantitative estimate of drug-likeness (QED) is 0.131. The fourth-order valence-electron chi connectivity index (χ4n) is 5.54. The second-order valence-electron chi connectivity index (χ2n) is 10.4. The minimum Gasteiger partial charge on any atom is -0.497 e. The van der Waals surface area contributed by atoms with E-state index in [2.05, 4.69) is 0 Å². The van der Waals surface area contributed by atoms with Crippen LogP contribution in [0.4, 0.5) is 5.69 Å². The van der Waals surface area contributed by atoms with Crippen molar-refractivity contribution in [3.8, 4) is 28.6 Å². The molecule has 0 amide bonds. The SMILES string of the molecule is CCOC(=O)C1=C(c2ccccc2)N=c2s/c(=C\c3ccc(-c4ccc(OC)cc4[N+](=O)[O-])o3)c(=O)n2[C@H]1c1ccc2c(c1)OCO2. The molecule has 0 saturated heterocycles. The highest BCUT2D eigenvalue weighted by Gasteiger charge is 2.36. The lowest BCUT2D eigenvalue weighted by Crippen LogP contribution is -2.40. The number of rotatable bonds is 8. The van der Waals surface area contributed by atoms with Crippen molar-refractivity contribution in [2.75, 3.05) is 20.5 Å². The summed E-state index contributed by atoms with van der Waals surface area (Å²) in [6, 6.07) is 21.3.